The summed E-state index contributed by atoms with van der Waals surface area (Å²) in [7, 11) is 2.24. The highest BCUT2D eigenvalue weighted by atomic mass is 15.2. The number of aliphatic imine (C=N–C) groups is 1. The van der Waals surface area contributed by atoms with Crippen LogP contribution in [-0.4, -0.2) is 28.7 Å². The molecule has 4 aromatic rings. The first-order valence-corrected chi connectivity index (χ1v) is 11.6. The van der Waals surface area contributed by atoms with Crippen LogP contribution in [0.1, 0.15) is 50.3 Å². The number of H-pyrrole nitrogens is 1. The number of hydrogen-bond donors (Lipinski definition) is 1. The summed E-state index contributed by atoms with van der Waals surface area (Å²) >= 11 is 0. The molecule has 1 N–H and O–H groups in total. The minimum Gasteiger partial charge on any atom is -0.357 e. The average Bonchev–Trinajstić information content (AvgIpc) is 3.16. The fourth-order valence-corrected chi connectivity index (χ4v) is 4.98. The number of para-hydroxylation sites is 1. The van der Waals surface area contributed by atoms with Gasteiger partial charge in [-0.15, -0.1) is 0 Å². The van der Waals surface area contributed by atoms with E-state index in [1.54, 1.807) is 0 Å². The third-order valence-electron chi connectivity index (χ3n) is 6.61. The van der Waals surface area contributed by atoms with E-state index in [4.69, 9.17) is 4.99 Å². The molecule has 31 heavy (non-hydrogen) atoms. The van der Waals surface area contributed by atoms with Crippen molar-refractivity contribution in [3.63, 3.8) is 0 Å². The Kier molecular flexibility index (Phi) is 5.61. The number of nitrogens with zero attached hydrogens (tertiary/aromatic N) is 2. The molecule has 1 atom stereocenters. The number of aromatic amines is 1. The van der Waals surface area contributed by atoms with E-state index in [9.17, 15) is 0 Å². The van der Waals surface area contributed by atoms with Gasteiger partial charge in [-0.3, -0.25) is 9.89 Å². The molecule has 1 aliphatic heterocycles. The molecule has 1 aliphatic rings. The zero-order chi connectivity index (χ0) is 21.2. The van der Waals surface area contributed by atoms with Gasteiger partial charge in [0.05, 0.1) is 17.4 Å². The number of benzene rings is 3. The van der Waals surface area contributed by atoms with Gasteiger partial charge in [0.1, 0.15) is 0 Å². The maximum atomic E-state index is 5.32. The highest BCUT2D eigenvalue weighted by Gasteiger charge is 2.32. The molecule has 3 nitrogen and oxygen atoms in total. The summed E-state index contributed by atoms with van der Waals surface area (Å²) in [6.45, 7) is 3.22. The van der Waals surface area contributed by atoms with Crippen LogP contribution in [0, 0.1) is 0 Å². The van der Waals surface area contributed by atoms with E-state index in [1.165, 1.54) is 64.3 Å². The fourth-order valence-electron chi connectivity index (χ4n) is 4.98. The standard InChI is InChI=1S/C28H31N3/c1-3-4-5-6-15-26-28(29-22-17-16-20-11-7-8-12-21(20)18-22)27-23-13-9-10-14-24(23)30-25(27)19-31(26)2/h7-14,16-18,26,30H,3-6,15,19H2,1-2H3. The minimum absolute atomic E-state index is 0.343. The third-order valence-corrected chi connectivity index (χ3v) is 6.61. The maximum absolute atomic E-state index is 5.32. The number of fused-ring (bicyclic) bond motifs is 4. The first-order chi connectivity index (χ1) is 15.2. The summed E-state index contributed by atoms with van der Waals surface area (Å²) in [6, 6.07) is 24.1. The molecule has 1 unspecified atom stereocenters. The summed E-state index contributed by atoms with van der Waals surface area (Å²) in [5.74, 6) is 0. The highest BCUT2D eigenvalue weighted by Crippen LogP contribution is 2.34. The van der Waals surface area contributed by atoms with Crippen molar-refractivity contribution in [3.05, 3.63) is 78.0 Å². The second kappa shape index (κ2) is 8.68. The quantitative estimate of drug-likeness (QED) is 0.335. The predicted octanol–water partition coefficient (Wildman–Crippen LogP) is 7.23. The van der Waals surface area contributed by atoms with Crippen LogP contribution in [0.25, 0.3) is 21.7 Å². The summed E-state index contributed by atoms with van der Waals surface area (Å²) < 4.78 is 0. The Hall–Kier alpha value is -2.91. The van der Waals surface area contributed by atoms with Gasteiger partial charge in [0, 0.05) is 28.7 Å². The van der Waals surface area contributed by atoms with Crippen LogP contribution in [0.2, 0.25) is 0 Å². The van der Waals surface area contributed by atoms with Crippen molar-refractivity contribution in [2.75, 3.05) is 7.05 Å². The SMILES string of the molecule is CCCCCCC1C(=Nc2ccc3ccccc3c2)c2c([nH]c3ccccc23)CN1C. The van der Waals surface area contributed by atoms with E-state index in [1.807, 2.05) is 0 Å². The van der Waals surface area contributed by atoms with Crippen LogP contribution >= 0.6 is 0 Å². The molecule has 158 valence electrons. The van der Waals surface area contributed by atoms with Crippen molar-refractivity contribution < 1.29 is 0 Å². The van der Waals surface area contributed by atoms with Gasteiger partial charge >= 0.3 is 0 Å². The van der Waals surface area contributed by atoms with Gasteiger partial charge < -0.3 is 4.98 Å². The minimum atomic E-state index is 0.343. The highest BCUT2D eigenvalue weighted by molar-refractivity contribution is 6.16. The number of aromatic nitrogens is 1. The molecular weight excluding hydrogens is 378 g/mol. The molecule has 0 amide bonds. The Morgan fingerprint density at radius 3 is 2.61 bits per heavy atom. The van der Waals surface area contributed by atoms with Crippen LogP contribution in [0.3, 0.4) is 0 Å². The van der Waals surface area contributed by atoms with Crippen LogP contribution in [-0.2, 0) is 6.54 Å². The van der Waals surface area contributed by atoms with Gasteiger partial charge in [0.25, 0.3) is 0 Å². The second-order valence-electron chi connectivity index (χ2n) is 8.83. The number of hydrogen-bond acceptors (Lipinski definition) is 2. The van der Waals surface area contributed by atoms with Crippen molar-refractivity contribution in [2.24, 2.45) is 4.99 Å². The summed E-state index contributed by atoms with van der Waals surface area (Å²) in [5.41, 5.74) is 6.07. The second-order valence-corrected chi connectivity index (χ2v) is 8.83. The molecule has 0 bridgehead atoms. The molecule has 1 aromatic heterocycles. The average molecular weight is 410 g/mol. The smallest absolute Gasteiger partial charge is 0.0679 e. The Morgan fingerprint density at radius 2 is 1.74 bits per heavy atom. The van der Waals surface area contributed by atoms with Crippen molar-refractivity contribution in [3.8, 4) is 0 Å². The van der Waals surface area contributed by atoms with E-state index in [0.717, 1.165) is 18.7 Å². The zero-order valence-corrected chi connectivity index (χ0v) is 18.6. The monoisotopic (exact) mass is 409 g/mol. The lowest BCUT2D eigenvalue weighted by molar-refractivity contribution is 0.262. The molecule has 0 aliphatic carbocycles. The van der Waals surface area contributed by atoms with E-state index in [0.29, 0.717) is 6.04 Å². The molecule has 0 saturated heterocycles. The molecule has 0 spiro atoms. The third kappa shape index (κ3) is 3.90. The number of rotatable bonds is 6. The Bertz CT molecular complexity index is 1230. The molecule has 3 heteroatoms. The first-order valence-electron chi connectivity index (χ1n) is 11.6. The van der Waals surface area contributed by atoms with Gasteiger partial charge in [0.2, 0.25) is 0 Å². The van der Waals surface area contributed by atoms with Gasteiger partial charge in [-0.25, -0.2) is 0 Å². The van der Waals surface area contributed by atoms with Gasteiger partial charge in [-0.2, -0.15) is 0 Å². The fraction of sp³-hybridized carbons (Fsp3) is 0.321. The molecule has 2 heterocycles. The summed E-state index contributed by atoms with van der Waals surface area (Å²) in [5, 5.41) is 3.80. The lowest BCUT2D eigenvalue weighted by Gasteiger charge is -2.34. The van der Waals surface area contributed by atoms with Crippen LogP contribution in [0.5, 0.6) is 0 Å². The van der Waals surface area contributed by atoms with Gasteiger partial charge in [-0.05, 0) is 42.4 Å². The molecule has 5 rings (SSSR count). The number of likely N-dealkylation sites (N-methyl/N-ethyl adjacent to an activating group) is 1. The largest absolute Gasteiger partial charge is 0.357 e. The van der Waals surface area contributed by atoms with E-state index in [2.05, 4.69) is 90.6 Å². The van der Waals surface area contributed by atoms with Crippen LogP contribution < -0.4 is 0 Å². The molecule has 0 saturated carbocycles. The molecule has 0 radical (unpaired) electrons. The van der Waals surface area contributed by atoms with Crippen molar-refractivity contribution in [1.82, 2.24) is 9.88 Å². The molecule has 3 aromatic carbocycles. The molecular formula is C28H31N3. The lowest BCUT2D eigenvalue weighted by atomic mass is 9.91. The maximum Gasteiger partial charge on any atom is 0.0679 e. The van der Waals surface area contributed by atoms with Gasteiger partial charge in [0.15, 0.2) is 0 Å². The Balaban J connectivity index is 1.62. The Labute approximate surface area is 184 Å². The first kappa shape index (κ1) is 20.0. The van der Waals surface area contributed by atoms with Gasteiger partial charge in [-0.1, -0.05) is 81.1 Å². The van der Waals surface area contributed by atoms with Crippen molar-refractivity contribution in [1.29, 1.82) is 0 Å². The summed E-state index contributed by atoms with van der Waals surface area (Å²) in [6.07, 6.45) is 6.28. The van der Waals surface area contributed by atoms with Crippen molar-refractivity contribution >= 4 is 33.1 Å². The lowest BCUT2D eigenvalue weighted by Crippen LogP contribution is -2.42. The number of unbranched alkanes of at least 4 members (excludes halogenated alkanes) is 3. The van der Waals surface area contributed by atoms with Crippen molar-refractivity contribution in [2.45, 2.75) is 51.6 Å². The van der Waals surface area contributed by atoms with Crippen LogP contribution in [0.15, 0.2) is 71.7 Å². The normalized spacial score (nSPS) is 18.1. The zero-order valence-electron chi connectivity index (χ0n) is 18.6. The predicted molar refractivity (Wildman–Crippen MR) is 132 cm³/mol. The summed E-state index contributed by atoms with van der Waals surface area (Å²) in [4.78, 5) is 11.5. The Morgan fingerprint density at radius 1 is 0.935 bits per heavy atom. The van der Waals surface area contributed by atoms with E-state index < -0.39 is 0 Å². The topological polar surface area (TPSA) is 31.4 Å². The van der Waals surface area contributed by atoms with Crippen LogP contribution in [0.4, 0.5) is 5.69 Å². The van der Waals surface area contributed by atoms with E-state index in [-0.39, 0.29) is 0 Å². The number of nitrogens with one attached hydrogen (secondary N) is 1. The van der Waals surface area contributed by atoms with E-state index >= 15 is 0 Å². The molecule has 0 fully saturated rings.